The average molecular weight is 557 g/mol. The molecule has 0 spiro atoms. The van der Waals surface area contributed by atoms with Crippen LogP contribution in [0.4, 0.5) is 22.0 Å². The molecule has 1 heterocycles. The zero-order valence-corrected chi connectivity index (χ0v) is 22.3. The van der Waals surface area contributed by atoms with Crippen molar-refractivity contribution in [2.24, 2.45) is 11.3 Å². The van der Waals surface area contributed by atoms with E-state index in [4.69, 9.17) is 0 Å². The number of halogens is 5. The van der Waals surface area contributed by atoms with Crippen LogP contribution >= 0.6 is 0 Å². The summed E-state index contributed by atoms with van der Waals surface area (Å²) in [6.07, 6.45) is -2.18. The van der Waals surface area contributed by atoms with E-state index in [0.29, 0.717) is 18.8 Å². The summed E-state index contributed by atoms with van der Waals surface area (Å²) in [6.45, 7) is 2.44. The van der Waals surface area contributed by atoms with Gasteiger partial charge in [-0.1, -0.05) is 33.8 Å². The van der Waals surface area contributed by atoms with E-state index in [-0.39, 0.29) is 41.4 Å². The molecule has 0 saturated heterocycles. The third-order valence-corrected chi connectivity index (χ3v) is 7.26. The number of rotatable bonds is 9. The summed E-state index contributed by atoms with van der Waals surface area (Å²) in [5, 5.41) is 23.4. The molecule has 2 N–H and O–H groups in total. The molecule has 1 saturated carbocycles. The minimum Gasteiger partial charge on any atom is -0.433 e. The number of hydrogen-bond acceptors (Lipinski definition) is 5. The molecule has 214 valence electrons. The van der Waals surface area contributed by atoms with Crippen molar-refractivity contribution in [1.29, 1.82) is 5.26 Å². The molecule has 2 aromatic rings. The van der Waals surface area contributed by atoms with Gasteiger partial charge in [-0.2, -0.15) is 27.2 Å². The van der Waals surface area contributed by atoms with E-state index in [1.54, 1.807) is 6.92 Å². The lowest BCUT2D eigenvalue weighted by Crippen LogP contribution is -2.45. The summed E-state index contributed by atoms with van der Waals surface area (Å²) in [5.74, 6) is -0.512. The molecule has 0 radical (unpaired) electrons. The highest BCUT2D eigenvalue weighted by Gasteiger charge is 2.47. The minimum atomic E-state index is -4.53. The van der Waals surface area contributed by atoms with E-state index in [9.17, 15) is 37.1 Å². The van der Waals surface area contributed by atoms with E-state index < -0.39 is 41.9 Å². The summed E-state index contributed by atoms with van der Waals surface area (Å²) in [4.78, 5) is 17.3. The molecular weight excluding hydrogens is 523 g/mol. The molecule has 39 heavy (non-hydrogen) atoms. The lowest BCUT2D eigenvalue weighted by atomic mass is 9.79. The highest BCUT2D eigenvalue weighted by atomic mass is 19.4. The Morgan fingerprint density at radius 2 is 1.95 bits per heavy atom. The summed E-state index contributed by atoms with van der Waals surface area (Å²) < 4.78 is 72.8. The molecule has 0 atom stereocenters. The molecule has 1 aliphatic rings. The Balaban J connectivity index is 1.99. The van der Waals surface area contributed by atoms with Crippen molar-refractivity contribution in [2.75, 3.05) is 6.54 Å². The Labute approximate surface area is 224 Å². The summed E-state index contributed by atoms with van der Waals surface area (Å²) in [6, 6.07) is 5.58. The second-order valence-corrected chi connectivity index (χ2v) is 10.9. The van der Waals surface area contributed by atoms with Gasteiger partial charge in [-0.25, -0.2) is 4.98 Å². The number of aromatic nitrogens is 2. The third-order valence-electron chi connectivity index (χ3n) is 7.26. The number of nitrogens with one attached hydrogen (secondary N) is 1. The molecule has 1 amide bonds. The van der Waals surface area contributed by atoms with Gasteiger partial charge in [0, 0.05) is 13.0 Å². The molecule has 7 nitrogen and oxygen atoms in total. The number of amides is 1. The fraction of sp³-hybridized carbons (Fsp3) is 0.593. The van der Waals surface area contributed by atoms with Crippen molar-refractivity contribution in [2.45, 2.75) is 84.6 Å². The fourth-order valence-corrected chi connectivity index (χ4v) is 4.68. The van der Waals surface area contributed by atoms with Crippen molar-refractivity contribution < 1.29 is 36.6 Å². The van der Waals surface area contributed by atoms with Gasteiger partial charge in [-0.05, 0) is 55.7 Å². The molecule has 12 heteroatoms. The van der Waals surface area contributed by atoms with Crippen LogP contribution in [0.15, 0.2) is 18.2 Å². The second-order valence-electron chi connectivity index (χ2n) is 10.9. The predicted octanol–water partition coefficient (Wildman–Crippen LogP) is 5.71. The summed E-state index contributed by atoms with van der Waals surface area (Å²) in [7, 11) is 0. The van der Waals surface area contributed by atoms with Gasteiger partial charge in [-0.3, -0.25) is 9.36 Å². The van der Waals surface area contributed by atoms with Crippen LogP contribution in [-0.2, 0) is 12.8 Å². The van der Waals surface area contributed by atoms with Crippen molar-refractivity contribution in [3.05, 3.63) is 41.0 Å². The zero-order valence-electron chi connectivity index (χ0n) is 22.3. The van der Waals surface area contributed by atoms with E-state index in [1.807, 2.05) is 6.07 Å². The SMILES string of the molecule is CCc1nc(C(=O)NCC2(O)CCC(C)CC2)c(C#N)n1-c1ccc(CC(C)(C)C(F)(F)F)cc1OC(F)F. The number of nitrogens with zero attached hydrogens (tertiary/aromatic N) is 3. The number of nitriles is 1. The van der Waals surface area contributed by atoms with Crippen LogP contribution in [0, 0.1) is 22.7 Å². The average Bonchev–Trinajstić information content (AvgIpc) is 3.22. The highest BCUT2D eigenvalue weighted by molar-refractivity contribution is 5.94. The quantitative estimate of drug-likeness (QED) is 0.386. The van der Waals surface area contributed by atoms with Gasteiger partial charge in [0.2, 0.25) is 0 Å². The maximum absolute atomic E-state index is 13.4. The monoisotopic (exact) mass is 556 g/mol. The van der Waals surface area contributed by atoms with Crippen molar-refractivity contribution in [3.63, 3.8) is 0 Å². The molecule has 1 aliphatic carbocycles. The maximum Gasteiger partial charge on any atom is 0.394 e. The van der Waals surface area contributed by atoms with Gasteiger partial charge in [-0.15, -0.1) is 0 Å². The second kappa shape index (κ2) is 11.5. The van der Waals surface area contributed by atoms with Crippen LogP contribution in [0.25, 0.3) is 5.69 Å². The van der Waals surface area contributed by atoms with E-state index in [2.05, 4.69) is 22.0 Å². The molecule has 1 aromatic heterocycles. The lowest BCUT2D eigenvalue weighted by molar-refractivity contribution is -0.211. The van der Waals surface area contributed by atoms with Gasteiger partial charge in [0.25, 0.3) is 5.91 Å². The maximum atomic E-state index is 13.4. The molecule has 1 fully saturated rings. The van der Waals surface area contributed by atoms with E-state index >= 15 is 0 Å². The number of aryl methyl sites for hydroxylation is 1. The summed E-state index contributed by atoms with van der Waals surface area (Å²) in [5.41, 5.74) is -3.69. The number of hydrogen-bond donors (Lipinski definition) is 2. The van der Waals surface area contributed by atoms with E-state index in [1.165, 1.54) is 16.7 Å². The Morgan fingerprint density at radius 1 is 1.31 bits per heavy atom. The van der Waals surface area contributed by atoms with Crippen LogP contribution in [0.1, 0.15) is 80.9 Å². The normalized spacial score (nSPS) is 20.1. The molecule has 1 aromatic carbocycles. The van der Waals surface area contributed by atoms with Gasteiger partial charge < -0.3 is 15.2 Å². The summed E-state index contributed by atoms with van der Waals surface area (Å²) >= 11 is 0. The van der Waals surface area contributed by atoms with Crippen LogP contribution in [-0.4, -0.2) is 45.5 Å². The number of aliphatic hydroxyl groups is 1. The Hall–Kier alpha value is -3.20. The Kier molecular flexibility index (Phi) is 8.95. The molecule has 0 bridgehead atoms. The third kappa shape index (κ3) is 6.87. The number of benzene rings is 1. The largest absolute Gasteiger partial charge is 0.433 e. The van der Waals surface area contributed by atoms with Gasteiger partial charge in [0.05, 0.1) is 16.7 Å². The smallest absolute Gasteiger partial charge is 0.394 e. The predicted molar refractivity (Wildman–Crippen MR) is 133 cm³/mol. The first kappa shape index (κ1) is 30.3. The van der Waals surface area contributed by atoms with Gasteiger partial charge >= 0.3 is 12.8 Å². The first-order valence-corrected chi connectivity index (χ1v) is 12.8. The number of ether oxygens (including phenoxy) is 1. The van der Waals surface area contributed by atoms with Gasteiger partial charge in [0.1, 0.15) is 17.6 Å². The number of imidazole rings is 1. The standard InChI is InChI=1S/C27H33F5N4O3/c1-5-21-35-22(23(37)34-15-26(38)10-8-16(2)9-11-26)19(14-33)36(21)18-7-6-17(12-20(18)39-24(28)29)13-25(3,4)27(30,31)32/h6-7,12,16,24,38H,5,8-11,13,15H2,1-4H3,(H,34,37). The van der Waals surface area contributed by atoms with E-state index in [0.717, 1.165) is 32.8 Å². The molecule has 3 rings (SSSR count). The van der Waals surface area contributed by atoms with Crippen LogP contribution in [0.5, 0.6) is 5.75 Å². The van der Waals surface area contributed by atoms with Crippen molar-refractivity contribution >= 4 is 5.91 Å². The fourth-order valence-electron chi connectivity index (χ4n) is 4.68. The minimum absolute atomic E-state index is 0.0405. The number of alkyl halides is 5. The van der Waals surface area contributed by atoms with Gasteiger partial charge in [0.15, 0.2) is 11.4 Å². The molecule has 0 unspecified atom stereocenters. The zero-order chi connectivity index (χ0) is 29.2. The van der Waals surface area contributed by atoms with Crippen LogP contribution in [0.2, 0.25) is 0 Å². The Bertz CT molecular complexity index is 1230. The number of carbonyl (C=O) groups excluding carboxylic acids is 1. The lowest BCUT2D eigenvalue weighted by Gasteiger charge is -2.34. The number of carbonyl (C=O) groups is 1. The topological polar surface area (TPSA) is 100 Å². The first-order chi connectivity index (χ1) is 18.1. The Morgan fingerprint density at radius 3 is 2.49 bits per heavy atom. The van der Waals surface area contributed by atoms with Crippen molar-refractivity contribution in [3.8, 4) is 17.5 Å². The molecule has 0 aliphatic heterocycles. The van der Waals surface area contributed by atoms with Crippen LogP contribution in [0.3, 0.4) is 0 Å². The molecular formula is C27H33F5N4O3. The first-order valence-electron chi connectivity index (χ1n) is 12.8. The van der Waals surface area contributed by atoms with Crippen molar-refractivity contribution in [1.82, 2.24) is 14.9 Å². The van der Waals surface area contributed by atoms with Crippen LogP contribution < -0.4 is 10.1 Å². The highest BCUT2D eigenvalue weighted by Crippen LogP contribution is 2.41.